The number of hydrogen-bond acceptors (Lipinski definition) is 3. The number of benzene rings is 1. The van der Waals surface area contributed by atoms with E-state index >= 15 is 0 Å². The van der Waals surface area contributed by atoms with E-state index in [1.54, 1.807) is 11.3 Å². The third-order valence-electron chi connectivity index (χ3n) is 4.88. The zero-order valence-electron chi connectivity index (χ0n) is 14.5. The van der Waals surface area contributed by atoms with E-state index in [-0.39, 0.29) is 0 Å². The van der Waals surface area contributed by atoms with Crippen LogP contribution in [0.2, 0.25) is 0 Å². The van der Waals surface area contributed by atoms with Crippen LogP contribution in [0.1, 0.15) is 55.5 Å². The smallest absolute Gasteiger partial charge is 0.261 e. The highest BCUT2D eigenvalue weighted by Gasteiger charge is 2.29. The van der Waals surface area contributed by atoms with Crippen molar-refractivity contribution in [1.29, 1.82) is 0 Å². The Morgan fingerprint density at radius 1 is 1.33 bits per heavy atom. The fraction of sp³-hybridized carbons (Fsp3) is 0.556. The van der Waals surface area contributed by atoms with Crippen molar-refractivity contribution in [3.8, 4) is 0 Å². The Morgan fingerprint density at radius 3 is 2.71 bits per heavy atom. The number of fused-ring (bicyclic) bond motifs is 3. The quantitative estimate of drug-likeness (QED) is 0.775. The van der Waals surface area contributed by atoms with E-state index in [1.807, 2.05) is 0 Å². The molecule has 0 spiro atoms. The first-order valence-electron chi connectivity index (χ1n) is 8.56. The van der Waals surface area contributed by atoms with Crippen molar-refractivity contribution in [2.24, 2.45) is 0 Å². The fourth-order valence-corrected chi connectivity index (χ4v) is 3.89. The van der Waals surface area contributed by atoms with Crippen LogP contribution in [0.5, 0.6) is 0 Å². The number of rotatable bonds is 1. The maximum atomic E-state index is 9.19. The Labute approximate surface area is 143 Å². The summed E-state index contributed by atoms with van der Waals surface area (Å²) in [5.41, 5.74) is 6.15. The van der Waals surface area contributed by atoms with Crippen LogP contribution in [0.4, 0.5) is 0 Å². The number of aromatic nitrogens is 1. The van der Waals surface area contributed by atoms with Crippen LogP contribution in [0.25, 0.3) is 10.9 Å². The molecular formula is C18H26N2O3S. The summed E-state index contributed by atoms with van der Waals surface area (Å²) in [4.78, 5) is 0. The molecule has 1 unspecified atom stereocenters. The summed E-state index contributed by atoms with van der Waals surface area (Å²) < 4.78 is 28.4. The molecule has 6 heteroatoms. The molecule has 0 fully saturated rings. The van der Waals surface area contributed by atoms with E-state index in [9.17, 15) is 8.42 Å². The Morgan fingerprint density at radius 2 is 2.04 bits per heavy atom. The van der Waals surface area contributed by atoms with E-state index in [0.29, 0.717) is 18.2 Å². The first-order chi connectivity index (χ1) is 11.3. The SMILES string of the molecule is CC(C)c1ccc2c(c1)c1c3n2CCNC3CCC1.CS(=O)(=O)O. The van der Waals surface area contributed by atoms with Gasteiger partial charge in [-0.25, -0.2) is 0 Å². The third-order valence-corrected chi connectivity index (χ3v) is 4.88. The van der Waals surface area contributed by atoms with E-state index in [0.717, 1.165) is 13.1 Å². The second-order valence-corrected chi connectivity index (χ2v) is 8.54. The molecule has 0 saturated carbocycles. The van der Waals surface area contributed by atoms with Crippen LogP contribution in [0.3, 0.4) is 0 Å². The first kappa shape index (κ1) is 17.5. The molecule has 132 valence electrons. The van der Waals surface area contributed by atoms with E-state index in [1.165, 1.54) is 35.7 Å². The zero-order chi connectivity index (χ0) is 17.5. The maximum Gasteiger partial charge on any atom is 0.261 e. The normalized spacial score (nSPS) is 19.8. The van der Waals surface area contributed by atoms with Gasteiger partial charge in [-0.3, -0.25) is 4.55 Å². The van der Waals surface area contributed by atoms with Crippen LogP contribution >= 0.6 is 0 Å². The van der Waals surface area contributed by atoms with Gasteiger partial charge in [0.1, 0.15) is 0 Å². The van der Waals surface area contributed by atoms with Crippen LogP contribution in [-0.2, 0) is 23.1 Å². The molecular weight excluding hydrogens is 324 g/mol. The van der Waals surface area contributed by atoms with Gasteiger partial charge in [-0.2, -0.15) is 8.42 Å². The van der Waals surface area contributed by atoms with Gasteiger partial charge in [-0.05, 0) is 48.4 Å². The zero-order valence-corrected chi connectivity index (χ0v) is 15.4. The molecule has 1 aromatic heterocycles. The van der Waals surface area contributed by atoms with Crippen LogP contribution in [-0.4, -0.2) is 30.3 Å². The van der Waals surface area contributed by atoms with E-state index in [2.05, 4.69) is 41.9 Å². The van der Waals surface area contributed by atoms with Crippen LogP contribution < -0.4 is 5.32 Å². The molecule has 24 heavy (non-hydrogen) atoms. The van der Waals surface area contributed by atoms with Gasteiger partial charge in [0.2, 0.25) is 0 Å². The molecule has 4 rings (SSSR count). The molecule has 2 aliphatic rings. The van der Waals surface area contributed by atoms with Crippen LogP contribution in [0, 0.1) is 0 Å². The molecule has 0 saturated heterocycles. The van der Waals surface area contributed by atoms with E-state index < -0.39 is 10.1 Å². The molecule has 1 aliphatic heterocycles. The maximum absolute atomic E-state index is 9.19. The molecule has 1 atom stereocenters. The molecule has 0 bridgehead atoms. The minimum atomic E-state index is -3.67. The summed E-state index contributed by atoms with van der Waals surface area (Å²) in [5, 5.41) is 5.22. The van der Waals surface area contributed by atoms with Gasteiger partial charge in [-0.1, -0.05) is 19.9 Å². The molecule has 1 aliphatic carbocycles. The van der Waals surface area contributed by atoms with Crippen LogP contribution in [0.15, 0.2) is 18.2 Å². The predicted molar refractivity (Wildman–Crippen MR) is 97.2 cm³/mol. The minimum absolute atomic E-state index is 0.604. The fourth-order valence-electron chi connectivity index (χ4n) is 3.89. The second-order valence-electron chi connectivity index (χ2n) is 7.08. The highest BCUT2D eigenvalue weighted by Crippen LogP contribution is 2.39. The predicted octanol–water partition coefficient (Wildman–Crippen LogP) is 3.25. The molecule has 0 radical (unpaired) electrons. The van der Waals surface area contributed by atoms with Crippen molar-refractivity contribution in [2.75, 3.05) is 12.8 Å². The lowest BCUT2D eigenvalue weighted by Gasteiger charge is -2.31. The molecule has 0 amide bonds. The lowest BCUT2D eigenvalue weighted by molar-refractivity contribution is 0.384. The highest BCUT2D eigenvalue weighted by atomic mass is 32.2. The van der Waals surface area contributed by atoms with Gasteiger partial charge in [0.25, 0.3) is 10.1 Å². The summed E-state index contributed by atoms with van der Waals surface area (Å²) in [6.45, 7) is 6.82. The summed E-state index contributed by atoms with van der Waals surface area (Å²) in [6, 6.07) is 7.72. The number of hydrogen-bond donors (Lipinski definition) is 2. The van der Waals surface area contributed by atoms with Gasteiger partial charge in [0.05, 0.1) is 6.26 Å². The lowest BCUT2D eigenvalue weighted by atomic mass is 9.90. The van der Waals surface area contributed by atoms with Crippen molar-refractivity contribution in [3.05, 3.63) is 35.0 Å². The topological polar surface area (TPSA) is 71.3 Å². The summed E-state index contributed by atoms with van der Waals surface area (Å²) in [7, 11) is -3.67. The van der Waals surface area contributed by atoms with Gasteiger partial charge < -0.3 is 9.88 Å². The molecule has 2 heterocycles. The first-order valence-corrected chi connectivity index (χ1v) is 10.4. The summed E-state index contributed by atoms with van der Waals surface area (Å²) >= 11 is 0. The Kier molecular flexibility index (Phi) is 4.73. The second kappa shape index (κ2) is 6.50. The number of aryl methyl sites for hydroxylation is 1. The average Bonchev–Trinajstić information content (AvgIpc) is 2.82. The Bertz CT molecular complexity index is 843. The van der Waals surface area contributed by atoms with Gasteiger partial charge >= 0.3 is 0 Å². The lowest BCUT2D eigenvalue weighted by Crippen LogP contribution is -2.35. The van der Waals surface area contributed by atoms with E-state index in [4.69, 9.17) is 4.55 Å². The van der Waals surface area contributed by atoms with Crippen molar-refractivity contribution >= 4 is 21.0 Å². The number of nitrogens with zero attached hydrogens (tertiary/aromatic N) is 1. The standard InChI is InChI=1S/C17H22N2.CH4O3S/c1-11(2)12-6-7-16-14(10-12)13-4-3-5-15-17(13)19(16)9-8-18-15;1-5(2,3)4/h6-7,10-11,15,18H,3-5,8-9H2,1-2H3;1H3,(H,2,3,4). The summed E-state index contributed by atoms with van der Waals surface area (Å²) in [5.74, 6) is 0.617. The molecule has 2 N–H and O–H groups in total. The van der Waals surface area contributed by atoms with Crippen molar-refractivity contribution in [2.45, 2.75) is 51.6 Å². The van der Waals surface area contributed by atoms with Gasteiger partial charge in [0.15, 0.2) is 0 Å². The number of nitrogens with one attached hydrogen (secondary N) is 1. The minimum Gasteiger partial charge on any atom is -0.342 e. The highest BCUT2D eigenvalue weighted by molar-refractivity contribution is 7.85. The largest absolute Gasteiger partial charge is 0.342 e. The monoisotopic (exact) mass is 350 g/mol. The van der Waals surface area contributed by atoms with Gasteiger partial charge in [0, 0.05) is 35.7 Å². The van der Waals surface area contributed by atoms with Crippen molar-refractivity contribution < 1.29 is 13.0 Å². The average molecular weight is 350 g/mol. The third kappa shape index (κ3) is 3.50. The molecule has 1 aromatic carbocycles. The van der Waals surface area contributed by atoms with Gasteiger partial charge in [-0.15, -0.1) is 0 Å². The van der Waals surface area contributed by atoms with Crippen molar-refractivity contribution in [3.63, 3.8) is 0 Å². The van der Waals surface area contributed by atoms with Crippen molar-refractivity contribution in [1.82, 2.24) is 9.88 Å². The Balaban J connectivity index is 0.000000300. The molecule has 2 aromatic rings. The molecule has 5 nitrogen and oxygen atoms in total. The summed E-state index contributed by atoms with van der Waals surface area (Å²) in [6.07, 6.45) is 4.61. The Hall–Kier alpha value is -1.37.